The molecule has 2 aromatic rings. The van der Waals surface area contributed by atoms with Crippen LogP contribution in [-0.4, -0.2) is 22.1 Å². The van der Waals surface area contributed by atoms with Crippen molar-refractivity contribution in [3.63, 3.8) is 0 Å². The van der Waals surface area contributed by atoms with Gasteiger partial charge in [0.05, 0.1) is 17.7 Å². The van der Waals surface area contributed by atoms with E-state index in [1.807, 2.05) is 17.7 Å². The molecule has 0 radical (unpaired) electrons. The smallest absolute Gasteiger partial charge is 0.340 e. The number of hydrogen-bond donors (Lipinski definition) is 1. The third-order valence-corrected chi connectivity index (χ3v) is 3.28. The Morgan fingerprint density at radius 3 is 2.94 bits per heavy atom. The van der Waals surface area contributed by atoms with Gasteiger partial charge >= 0.3 is 5.97 Å². The van der Waals surface area contributed by atoms with Crippen molar-refractivity contribution in [1.82, 2.24) is 9.55 Å². The summed E-state index contributed by atoms with van der Waals surface area (Å²) in [6, 6.07) is 1.86. The van der Waals surface area contributed by atoms with Gasteiger partial charge in [0.1, 0.15) is 4.60 Å². The summed E-state index contributed by atoms with van der Waals surface area (Å²) in [5, 5.41) is 0.764. The van der Waals surface area contributed by atoms with Crippen molar-refractivity contribution in [3.05, 3.63) is 28.1 Å². The third kappa shape index (κ3) is 2.02. The monoisotopic (exact) mass is 311 g/mol. The lowest BCUT2D eigenvalue weighted by Gasteiger charge is -2.04. The van der Waals surface area contributed by atoms with E-state index in [2.05, 4.69) is 20.9 Å². The van der Waals surface area contributed by atoms with E-state index in [-0.39, 0.29) is 12.5 Å². The highest BCUT2D eigenvalue weighted by Gasteiger charge is 2.21. The first-order valence-electron chi connectivity index (χ1n) is 5.60. The number of fused-ring (bicyclic) bond motifs is 1. The Labute approximate surface area is 113 Å². The average Bonchev–Trinajstić information content (AvgIpc) is 2.62. The van der Waals surface area contributed by atoms with Crippen molar-refractivity contribution in [2.45, 2.75) is 13.5 Å². The van der Waals surface area contributed by atoms with E-state index in [4.69, 9.17) is 10.5 Å². The van der Waals surface area contributed by atoms with Gasteiger partial charge in [0.25, 0.3) is 0 Å². The summed E-state index contributed by atoms with van der Waals surface area (Å²) in [5.74, 6) is -0.354. The molecule has 2 heterocycles. The van der Waals surface area contributed by atoms with Crippen LogP contribution in [0.3, 0.4) is 0 Å². The highest BCUT2D eigenvalue weighted by atomic mass is 79.9. The van der Waals surface area contributed by atoms with E-state index in [1.165, 1.54) is 0 Å². The van der Waals surface area contributed by atoms with Crippen LogP contribution in [0.25, 0.3) is 10.9 Å². The first-order valence-corrected chi connectivity index (χ1v) is 6.39. The largest absolute Gasteiger partial charge is 0.462 e. The van der Waals surface area contributed by atoms with Crippen molar-refractivity contribution >= 4 is 32.8 Å². The standard InChI is InChI=1S/C12H14BrN3O2/c1-3-18-12(17)11-7-6-15-10(13)4-8(7)16(2)9(11)5-14/h4,6H,3,5,14H2,1-2H3. The molecule has 0 aliphatic carbocycles. The Morgan fingerprint density at radius 2 is 2.33 bits per heavy atom. The van der Waals surface area contributed by atoms with Gasteiger partial charge in [0.2, 0.25) is 0 Å². The Balaban J connectivity index is 2.73. The highest BCUT2D eigenvalue weighted by Crippen LogP contribution is 2.27. The molecule has 0 saturated heterocycles. The summed E-state index contributed by atoms with van der Waals surface area (Å²) in [7, 11) is 1.87. The maximum absolute atomic E-state index is 12.0. The predicted molar refractivity (Wildman–Crippen MR) is 72.3 cm³/mol. The summed E-state index contributed by atoms with van der Waals surface area (Å²) in [6.07, 6.45) is 1.66. The van der Waals surface area contributed by atoms with Gasteiger partial charge in [-0.05, 0) is 28.9 Å². The number of rotatable bonds is 3. The number of nitrogens with zero attached hydrogens (tertiary/aromatic N) is 2. The number of carbonyl (C=O) groups excluding carboxylic acids is 1. The number of ether oxygens (including phenoxy) is 1. The second-order valence-corrected chi connectivity index (χ2v) is 4.64. The Bertz CT molecular complexity index is 607. The van der Waals surface area contributed by atoms with Gasteiger partial charge in [-0.25, -0.2) is 9.78 Å². The molecule has 0 aromatic carbocycles. The average molecular weight is 312 g/mol. The molecule has 2 aromatic heterocycles. The maximum Gasteiger partial charge on any atom is 0.340 e. The van der Waals surface area contributed by atoms with Crippen molar-refractivity contribution in [2.75, 3.05) is 6.61 Å². The summed E-state index contributed by atoms with van der Waals surface area (Å²) in [6.45, 7) is 2.39. The zero-order valence-corrected chi connectivity index (χ0v) is 11.8. The molecule has 0 unspecified atom stereocenters. The van der Waals surface area contributed by atoms with Crippen LogP contribution in [0.1, 0.15) is 23.0 Å². The zero-order chi connectivity index (χ0) is 13.3. The molecule has 0 amide bonds. The second-order valence-electron chi connectivity index (χ2n) is 3.83. The quantitative estimate of drug-likeness (QED) is 0.695. The predicted octanol–water partition coefficient (Wildman–Crippen LogP) is 1.97. The molecule has 0 spiro atoms. The van der Waals surface area contributed by atoms with Crippen LogP contribution in [0.15, 0.2) is 16.9 Å². The summed E-state index contributed by atoms with van der Waals surface area (Å²) in [4.78, 5) is 16.2. The van der Waals surface area contributed by atoms with Crippen LogP contribution < -0.4 is 5.73 Å². The topological polar surface area (TPSA) is 70.1 Å². The van der Waals surface area contributed by atoms with Gasteiger partial charge in [0, 0.05) is 30.9 Å². The first-order chi connectivity index (χ1) is 8.60. The molecule has 0 bridgehead atoms. The number of halogens is 1. The summed E-state index contributed by atoms with van der Waals surface area (Å²) >= 11 is 3.32. The molecular weight excluding hydrogens is 298 g/mol. The third-order valence-electron chi connectivity index (χ3n) is 2.85. The van der Waals surface area contributed by atoms with Crippen LogP contribution in [0.5, 0.6) is 0 Å². The minimum absolute atomic E-state index is 0.275. The lowest BCUT2D eigenvalue weighted by molar-refractivity contribution is 0.0527. The highest BCUT2D eigenvalue weighted by molar-refractivity contribution is 9.10. The summed E-state index contributed by atoms with van der Waals surface area (Å²) in [5.41, 5.74) is 7.89. The minimum Gasteiger partial charge on any atom is -0.462 e. The van der Waals surface area contributed by atoms with Crippen molar-refractivity contribution in [1.29, 1.82) is 0 Å². The van der Waals surface area contributed by atoms with Gasteiger partial charge in [0.15, 0.2) is 0 Å². The van der Waals surface area contributed by atoms with Gasteiger partial charge in [-0.15, -0.1) is 0 Å². The van der Waals surface area contributed by atoms with E-state index in [9.17, 15) is 4.79 Å². The first kappa shape index (κ1) is 13.0. The van der Waals surface area contributed by atoms with Gasteiger partial charge < -0.3 is 15.0 Å². The molecular formula is C12H14BrN3O2. The van der Waals surface area contributed by atoms with E-state index in [1.54, 1.807) is 13.1 Å². The Kier molecular flexibility index (Phi) is 3.68. The lowest BCUT2D eigenvalue weighted by Crippen LogP contribution is -2.12. The van der Waals surface area contributed by atoms with E-state index in [0.29, 0.717) is 12.2 Å². The van der Waals surface area contributed by atoms with E-state index < -0.39 is 0 Å². The zero-order valence-electron chi connectivity index (χ0n) is 10.2. The molecule has 0 aliphatic rings. The van der Waals surface area contributed by atoms with E-state index in [0.717, 1.165) is 21.2 Å². The number of pyridine rings is 1. The number of aryl methyl sites for hydroxylation is 1. The number of aromatic nitrogens is 2. The molecule has 18 heavy (non-hydrogen) atoms. The molecule has 0 atom stereocenters. The molecule has 6 heteroatoms. The molecule has 96 valence electrons. The van der Waals surface area contributed by atoms with Gasteiger partial charge in [-0.2, -0.15) is 0 Å². The van der Waals surface area contributed by atoms with Crippen LogP contribution in [0.2, 0.25) is 0 Å². The fourth-order valence-electron chi connectivity index (χ4n) is 2.03. The lowest BCUT2D eigenvalue weighted by atomic mass is 10.1. The minimum atomic E-state index is -0.354. The molecule has 2 rings (SSSR count). The molecule has 0 aliphatic heterocycles. The van der Waals surface area contributed by atoms with Crippen LogP contribution in [-0.2, 0) is 18.3 Å². The van der Waals surface area contributed by atoms with Crippen LogP contribution in [0.4, 0.5) is 0 Å². The van der Waals surface area contributed by atoms with E-state index >= 15 is 0 Å². The van der Waals surface area contributed by atoms with Crippen molar-refractivity contribution in [3.8, 4) is 0 Å². The second kappa shape index (κ2) is 5.07. The Hall–Kier alpha value is -1.40. The molecule has 0 saturated carbocycles. The van der Waals surface area contributed by atoms with Crippen molar-refractivity contribution < 1.29 is 9.53 Å². The van der Waals surface area contributed by atoms with Crippen LogP contribution in [0, 0.1) is 0 Å². The fraction of sp³-hybridized carbons (Fsp3) is 0.333. The fourth-order valence-corrected chi connectivity index (χ4v) is 2.35. The number of hydrogen-bond acceptors (Lipinski definition) is 4. The molecule has 5 nitrogen and oxygen atoms in total. The number of nitrogens with two attached hydrogens (primary N) is 1. The molecule has 0 fully saturated rings. The molecule has 2 N–H and O–H groups in total. The maximum atomic E-state index is 12.0. The van der Waals surface area contributed by atoms with Gasteiger partial charge in [-0.1, -0.05) is 0 Å². The number of esters is 1. The van der Waals surface area contributed by atoms with Crippen molar-refractivity contribution in [2.24, 2.45) is 12.8 Å². The SMILES string of the molecule is CCOC(=O)c1c(CN)n(C)c2cc(Br)ncc12. The normalized spacial score (nSPS) is 10.9. The summed E-state index contributed by atoms with van der Waals surface area (Å²) < 4.78 is 7.69. The van der Waals surface area contributed by atoms with Gasteiger partial charge in [-0.3, -0.25) is 0 Å². The number of carbonyl (C=O) groups is 1. The van der Waals surface area contributed by atoms with Crippen LogP contribution >= 0.6 is 15.9 Å². The Morgan fingerprint density at radius 1 is 1.61 bits per heavy atom.